The van der Waals surface area contributed by atoms with E-state index in [-0.39, 0.29) is 17.5 Å². The van der Waals surface area contributed by atoms with Crippen LogP contribution in [-0.2, 0) is 19.4 Å². The Labute approximate surface area is 145 Å². The van der Waals surface area contributed by atoms with Gasteiger partial charge in [0.2, 0.25) is 0 Å². The predicted molar refractivity (Wildman–Crippen MR) is 95.5 cm³/mol. The highest BCUT2D eigenvalue weighted by molar-refractivity contribution is 7.98. The van der Waals surface area contributed by atoms with Crippen molar-refractivity contribution in [3.63, 3.8) is 0 Å². The minimum Gasteiger partial charge on any atom is -0.457 e. The molecule has 0 amide bonds. The van der Waals surface area contributed by atoms with Crippen LogP contribution in [0.25, 0.3) is 11.1 Å². The third-order valence-electron chi connectivity index (χ3n) is 3.86. The molecule has 24 heavy (non-hydrogen) atoms. The summed E-state index contributed by atoms with van der Waals surface area (Å²) in [6.07, 6.45) is 3.16. The summed E-state index contributed by atoms with van der Waals surface area (Å²) in [5.41, 5.74) is 2.90. The molecule has 0 saturated heterocycles. The van der Waals surface area contributed by atoms with Crippen LogP contribution in [-0.4, -0.2) is 33.5 Å². The molecule has 4 nitrogen and oxygen atoms in total. The van der Waals surface area contributed by atoms with Crippen LogP contribution in [0.1, 0.15) is 11.1 Å². The molecule has 3 rings (SSSR count). The van der Waals surface area contributed by atoms with Gasteiger partial charge < -0.3 is 4.74 Å². The number of benzene rings is 2. The van der Waals surface area contributed by atoms with Crippen molar-refractivity contribution < 1.29 is 17.9 Å². The van der Waals surface area contributed by atoms with E-state index in [1.165, 1.54) is 6.26 Å². The summed E-state index contributed by atoms with van der Waals surface area (Å²) in [4.78, 5) is 13.5. The number of carbonyl (C=O) groups excluding carboxylic acids is 1. The minimum atomic E-state index is -3.24. The van der Waals surface area contributed by atoms with E-state index in [1.807, 2.05) is 30.5 Å². The van der Waals surface area contributed by atoms with Crippen LogP contribution in [0, 0.1) is 0 Å². The van der Waals surface area contributed by atoms with Gasteiger partial charge in [-0.1, -0.05) is 24.3 Å². The first-order valence-electron chi connectivity index (χ1n) is 7.25. The van der Waals surface area contributed by atoms with Gasteiger partial charge in [-0.2, -0.15) is 0 Å². The fourth-order valence-electron chi connectivity index (χ4n) is 2.59. The van der Waals surface area contributed by atoms with Crippen molar-refractivity contribution in [2.45, 2.75) is 9.79 Å². The van der Waals surface area contributed by atoms with E-state index in [1.54, 1.807) is 36.0 Å². The lowest BCUT2D eigenvalue weighted by molar-refractivity contribution is -0.133. The van der Waals surface area contributed by atoms with E-state index < -0.39 is 9.84 Å². The maximum Gasteiger partial charge on any atom is 0.339 e. The Morgan fingerprint density at radius 1 is 0.958 bits per heavy atom. The molecular formula is C18H16O4S2. The van der Waals surface area contributed by atoms with Gasteiger partial charge in [-0.15, -0.1) is 11.8 Å². The molecule has 0 spiro atoms. The fraction of sp³-hybridized carbons (Fsp3) is 0.167. The lowest BCUT2D eigenvalue weighted by Crippen LogP contribution is -1.98. The van der Waals surface area contributed by atoms with Crippen molar-refractivity contribution in [3.05, 3.63) is 59.7 Å². The average molecular weight is 360 g/mol. The third-order valence-corrected chi connectivity index (χ3v) is 5.74. The molecule has 0 radical (unpaired) electrons. The molecular weight excluding hydrogens is 344 g/mol. The predicted octanol–water partition coefficient (Wildman–Crippen LogP) is 3.28. The Kier molecular flexibility index (Phi) is 4.51. The lowest BCUT2D eigenvalue weighted by atomic mass is 9.97. The molecule has 0 atom stereocenters. The molecule has 0 aromatic heterocycles. The number of esters is 1. The van der Waals surface area contributed by atoms with Crippen molar-refractivity contribution in [3.8, 4) is 0 Å². The number of sulfone groups is 1. The van der Waals surface area contributed by atoms with E-state index >= 15 is 0 Å². The highest BCUT2D eigenvalue weighted by Gasteiger charge is 2.27. The van der Waals surface area contributed by atoms with E-state index in [9.17, 15) is 13.2 Å². The second kappa shape index (κ2) is 6.45. The van der Waals surface area contributed by atoms with Crippen molar-refractivity contribution in [1.29, 1.82) is 0 Å². The molecule has 1 heterocycles. The topological polar surface area (TPSA) is 60.4 Å². The van der Waals surface area contributed by atoms with Crippen LogP contribution in [0.5, 0.6) is 0 Å². The largest absolute Gasteiger partial charge is 0.457 e. The third kappa shape index (κ3) is 3.25. The van der Waals surface area contributed by atoms with Crippen LogP contribution in [0.15, 0.2) is 58.3 Å². The number of ether oxygens (including phenoxy) is 1. The molecule has 0 N–H and O–H groups in total. The highest BCUT2D eigenvalue weighted by Crippen LogP contribution is 2.33. The van der Waals surface area contributed by atoms with Gasteiger partial charge in [-0.05, 0) is 41.6 Å². The van der Waals surface area contributed by atoms with Gasteiger partial charge in [-0.25, -0.2) is 13.2 Å². The minimum absolute atomic E-state index is 0.191. The molecule has 0 fully saturated rings. The zero-order chi connectivity index (χ0) is 17.3. The summed E-state index contributed by atoms with van der Waals surface area (Å²) in [5, 5.41) is 0. The van der Waals surface area contributed by atoms with Gasteiger partial charge in [-0.3, -0.25) is 0 Å². The highest BCUT2D eigenvalue weighted by atomic mass is 32.2. The van der Waals surface area contributed by atoms with Gasteiger partial charge in [0, 0.05) is 16.7 Å². The Morgan fingerprint density at radius 3 is 2.08 bits per heavy atom. The number of rotatable bonds is 4. The van der Waals surface area contributed by atoms with Crippen molar-refractivity contribution in [2.24, 2.45) is 0 Å². The standard InChI is InChI=1S/C18H16O4S2/c1-23-14-7-3-13(4-8-14)17-16(11-22-18(17)19)12-5-9-15(10-6-12)24(2,20)21/h3-10H,11H2,1-2H3. The first-order chi connectivity index (χ1) is 11.4. The first-order valence-corrected chi connectivity index (χ1v) is 10.4. The Hall–Kier alpha value is -2.05. The average Bonchev–Trinajstić information content (AvgIpc) is 2.96. The van der Waals surface area contributed by atoms with E-state index in [0.717, 1.165) is 21.6 Å². The molecule has 1 aliphatic heterocycles. The molecule has 0 saturated carbocycles. The number of carbonyl (C=O) groups is 1. The zero-order valence-electron chi connectivity index (χ0n) is 13.3. The summed E-state index contributed by atoms with van der Waals surface area (Å²) in [6.45, 7) is 0.191. The summed E-state index contributed by atoms with van der Waals surface area (Å²) in [6, 6.07) is 14.3. The van der Waals surface area contributed by atoms with Crippen molar-refractivity contribution in [1.82, 2.24) is 0 Å². The van der Waals surface area contributed by atoms with Crippen LogP contribution >= 0.6 is 11.8 Å². The van der Waals surface area contributed by atoms with Crippen LogP contribution in [0.3, 0.4) is 0 Å². The molecule has 1 aliphatic rings. The smallest absolute Gasteiger partial charge is 0.339 e. The summed E-state index contributed by atoms with van der Waals surface area (Å²) < 4.78 is 28.3. The molecule has 2 aromatic carbocycles. The molecule has 124 valence electrons. The van der Waals surface area contributed by atoms with Gasteiger partial charge in [0.05, 0.1) is 10.5 Å². The Morgan fingerprint density at radius 2 is 1.54 bits per heavy atom. The maximum absolute atomic E-state index is 12.2. The molecule has 0 aliphatic carbocycles. The van der Waals surface area contributed by atoms with Gasteiger partial charge in [0.15, 0.2) is 9.84 Å². The maximum atomic E-state index is 12.2. The van der Waals surface area contributed by atoms with Gasteiger partial charge in [0.25, 0.3) is 0 Å². The second-order valence-corrected chi connectivity index (χ2v) is 8.35. The molecule has 0 bridgehead atoms. The molecule has 0 unspecified atom stereocenters. The second-order valence-electron chi connectivity index (χ2n) is 5.45. The van der Waals surface area contributed by atoms with Crippen molar-refractivity contribution in [2.75, 3.05) is 19.1 Å². The van der Waals surface area contributed by atoms with Crippen LogP contribution in [0.2, 0.25) is 0 Å². The van der Waals surface area contributed by atoms with Gasteiger partial charge >= 0.3 is 5.97 Å². The van der Waals surface area contributed by atoms with Crippen molar-refractivity contribution >= 4 is 38.7 Å². The fourth-order valence-corrected chi connectivity index (χ4v) is 3.62. The Balaban J connectivity index is 2.05. The monoisotopic (exact) mass is 360 g/mol. The Bertz CT molecular complexity index is 908. The summed E-state index contributed by atoms with van der Waals surface area (Å²) in [5.74, 6) is -0.353. The zero-order valence-corrected chi connectivity index (χ0v) is 14.9. The van der Waals surface area contributed by atoms with Gasteiger partial charge in [0.1, 0.15) is 6.61 Å². The van der Waals surface area contributed by atoms with E-state index in [4.69, 9.17) is 4.74 Å². The number of cyclic esters (lactones) is 1. The van der Waals surface area contributed by atoms with Crippen LogP contribution in [0.4, 0.5) is 0 Å². The quantitative estimate of drug-likeness (QED) is 0.619. The molecule has 6 heteroatoms. The summed E-state index contributed by atoms with van der Waals surface area (Å²) >= 11 is 1.63. The lowest BCUT2D eigenvalue weighted by Gasteiger charge is -2.06. The first kappa shape index (κ1) is 16.8. The normalized spacial score (nSPS) is 14.8. The summed E-state index contributed by atoms with van der Waals surface area (Å²) in [7, 11) is -3.24. The SMILES string of the molecule is CSc1ccc(C2=C(c3ccc(S(C)(=O)=O)cc3)COC2=O)cc1. The van der Waals surface area contributed by atoms with Crippen LogP contribution < -0.4 is 0 Å². The van der Waals surface area contributed by atoms with E-state index in [2.05, 4.69) is 0 Å². The number of hydrogen-bond donors (Lipinski definition) is 0. The number of thioether (sulfide) groups is 1. The number of hydrogen-bond acceptors (Lipinski definition) is 5. The van der Waals surface area contributed by atoms with E-state index in [0.29, 0.717) is 5.57 Å². The molecule has 2 aromatic rings.